The summed E-state index contributed by atoms with van der Waals surface area (Å²) >= 11 is 0. The summed E-state index contributed by atoms with van der Waals surface area (Å²) in [5.41, 5.74) is 3.93. The van der Waals surface area contributed by atoms with E-state index in [0.29, 0.717) is 13.2 Å². The Hall–Kier alpha value is -2.82. The Morgan fingerprint density at radius 1 is 0.871 bits per heavy atom. The summed E-state index contributed by atoms with van der Waals surface area (Å²) in [7, 11) is 1.92. The highest BCUT2D eigenvalue weighted by Gasteiger charge is 2.45. The monoisotopic (exact) mass is 417 g/mol. The zero-order valence-corrected chi connectivity index (χ0v) is 18.5. The van der Waals surface area contributed by atoms with Crippen LogP contribution >= 0.6 is 0 Å². The summed E-state index contributed by atoms with van der Waals surface area (Å²) in [6, 6.07) is 26.8. The maximum atomic E-state index is 6.52. The zero-order chi connectivity index (χ0) is 21.7. The van der Waals surface area contributed by atoms with E-state index in [0.717, 1.165) is 29.0 Å². The maximum Gasteiger partial charge on any atom is 0.132 e. The van der Waals surface area contributed by atoms with Crippen molar-refractivity contribution < 1.29 is 14.2 Å². The molecule has 4 nitrogen and oxygen atoms in total. The highest BCUT2D eigenvalue weighted by Crippen LogP contribution is 2.44. The van der Waals surface area contributed by atoms with E-state index in [9.17, 15) is 0 Å². The third kappa shape index (κ3) is 5.09. The van der Waals surface area contributed by atoms with Crippen molar-refractivity contribution in [3.63, 3.8) is 0 Å². The molecule has 162 valence electrons. The van der Waals surface area contributed by atoms with Crippen LogP contribution in [0.15, 0.2) is 78.9 Å². The second kappa shape index (κ2) is 9.54. The molecule has 0 aromatic heterocycles. The number of benzene rings is 3. The van der Waals surface area contributed by atoms with Gasteiger partial charge in [0.1, 0.15) is 23.6 Å². The fraction of sp³-hybridized carbons (Fsp3) is 0.333. The average Bonchev–Trinajstić information content (AvgIpc) is 2.79. The molecule has 0 amide bonds. The molecule has 0 saturated heterocycles. The van der Waals surface area contributed by atoms with Crippen molar-refractivity contribution >= 4 is 5.69 Å². The lowest BCUT2D eigenvalue weighted by Crippen LogP contribution is -2.51. The van der Waals surface area contributed by atoms with Gasteiger partial charge in [-0.15, -0.1) is 0 Å². The molecule has 1 aliphatic rings. The molecular weight excluding hydrogens is 386 g/mol. The highest BCUT2D eigenvalue weighted by atomic mass is 16.6. The van der Waals surface area contributed by atoms with Gasteiger partial charge in [-0.1, -0.05) is 60.7 Å². The predicted octanol–water partition coefficient (Wildman–Crippen LogP) is 5.79. The van der Waals surface area contributed by atoms with Crippen molar-refractivity contribution in [2.45, 2.75) is 44.7 Å². The number of nitrogens with one attached hydrogen (secondary N) is 1. The van der Waals surface area contributed by atoms with Crippen LogP contribution in [0.5, 0.6) is 5.75 Å². The van der Waals surface area contributed by atoms with Crippen molar-refractivity contribution in [2.24, 2.45) is 0 Å². The standard InChI is InChI=1S/C27H31NO3/c1-27(2)26(30-19-21-12-8-5-9-13-21)25(29-17-16-20-10-6-4-7-11-20)23-18-22(28-3)14-15-24(23)31-27/h4-15,18,25-26,28H,16-17,19H2,1-3H3. The lowest BCUT2D eigenvalue weighted by atomic mass is 9.87. The minimum absolute atomic E-state index is 0.223. The van der Waals surface area contributed by atoms with Gasteiger partial charge >= 0.3 is 0 Å². The Labute approximate surface area is 185 Å². The second-order valence-corrected chi connectivity index (χ2v) is 8.45. The van der Waals surface area contributed by atoms with Crippen molar-refractivity contribution in [3.8, 4) is 5.75 Å². The Morgan fingerprint density at radius 2 is 1.55 bits per heavy atom. The number of rotatable bonds is 8. The first kappa shape index (κ1) is 21.4. The molecule has 1 N–H and O–H groups in total. The van der Waals surface area contributed by atoms with Crippen LogP contribution in [-0.2, 0) is 22.5 Å². The topological polar surface area (TPSA) is 39.7 Å². The molecular formula is C27H31NO3. The maximum absolute atomic E-state index is 6.52. The Kier molecular flexibility index (Phi) is 6.59. The van der Waals surface area contributed by atoms with Gasteiger partial charge in [0.15, 0.2) is 0 Å². The molecule has 0 bridgehead atoms. The molecule has 2 atom stereocenters. The lowest BCUT2D eigenvalue weighted by molar-refractivity contribution is -0.167. The van der Waals surface area contributed by atoms with Crippen molar-refractivity contribution in [1.82, 2.24) is 0 Å². The first-order chi connectivity index (χ1) is 15.1. The van der Waals surface area contributed by atoms with Crippen LogP contribution in [0.25, 0.3) is 0 Å². The Bertz CT molecular complexity index is 972. The van der Waals surface area contributed by atoms with Gasteiger partial charge < -0.3 is 19.5 Å². The van der Waals surface area contributed by atoms with Gasteiger partial charge in [0.2, 0.25) is 0 Å². The summed E-state index contributed by atoms with van der Waals surface area (Å²) < 4.78 is 19.4. The van der Waals surface area contributed by atoms with Crippen LogP contribution in [-0.4, -0.2) is 25.4 Å². The molecule has 0 spiro atoms. The molecule has 0 fully saturated rings. The largest absolute Gasteiger partial charge is 0.485 e. The van der Waals surface area contributed by atoms with E-state index in [4.69, 9.17) is 14.2 Å². The zero-order valence-electron chi connectivity index (χ0n) is 18.5. The van der Waals surface area contributed by atoms with Crippen LogP contribution in [0.2, 0.25) is 0 Å². The summed E-state index contributed by atoms with van der Waals surface area (Å²) in [6.45, 7) is 5.27. The summed E-state index contributed by atoms with van der Waals surface area (Å²) in [5, 5.41) is 3.22. The van der Waals surface area contributed by atoms with Gasteiger partial charge in [0.25, 0.3) is 0 Å². The third-order valence-electron chi connectivity index (χ3n) is 5.74. The highest BCUT2D eigenvalue weighted by molar-refractivity contribution is 5.53. The molecule has 0 radical (unpaired) electrons. The van der Waals surface area contributed by atoms with E-state index in [2.05, 4.69) is 61.6 Å². The van der Waals surface area contributed by atoms with Gasteiger partial charge in [-0.2, -0.15) is 0 Å². The molecule has 4 rings (SSSR count). The second-order valence-electron chi connectivity index (χ2n) is 8.45. The number of fused-ring (bicyclic) bond motifs is 1. The SMILES string of the molecule is CNc1ccc2c(c1)C(OCCc1ccccc1)C(OCc1ccccc1)C(C)(C)O2. The molecule has 2 unspecified atom stereocenters. The molecule has 1 heterocycles. The molecule has 1 aliphatic heterocycles. The smallest absolute Gasteiger partial charge is 0.132 e. The van der Waals surface area contributed by atoms with Crippen molar-refractivity contribution in [1.29, 1.82) is 0 Å². The first-order valence-corrected chi connectivity index (χ1v) is 10.9. The van der Waals surface area contributed by atoms with Crippen molar-refractivity contribution in [2.75, 3.05) is 19.0 Å². The van der Waals surface area contributed by atoms with Crippen molar-refractivity contribution in [3.05, 3.63) is 95.6 Å². The van der Waals surface area contributed by atoms with E-state index in [1.54, 1.807) is 0 Å². The fourth-order valence-electron chi connectivity index (χ4n) is 4.06. The first-order valence-electron chi connectivity index (χ1n) is 10.9. The molecule has 3 aromatic carbocycles. The van der Waals surface area contributed by atoms with E-state index in [1.807, 2.05) is 43.4 Å². The summed E-state index contributed by atoms with van der Waals surface area (Å²) in [5.74, 6) is 0.855. The van der Waals surface area contributed by atoms with Crippen LogP contribution in [0.4, 0.5) is 5.69 Å². The van der Waals surface area contributed by atoms with Crippen LogP contribution in [0, 0.1) is 0 Å². The predicted molar refractivity (Wildman–Crippen MR) is 125 cm³/mol. The Morgan fingerprint density at radius 3 is 2.23 bits per heavy atom. The number of ether oxygens (including phenoxy) is 3. The fourth-order valence-corrected chi connectivity index (χ4v) is 4.06. The van der Waals surface area contributed by atoms with E-state index in [1.165, 1.54) is 5.56 Å². The van der Waals surface area contributed by atoms with E-state index in [-0.39, 0.29) is 12.2 Å². The minimum Gasteiger partial charge on any atom is -0.485 e. The number of hydrogen-bond donors (Lipinski definition) is 1. The minimum atomic E-state index is -0.527. The summed E-state index contributed by atoms with van der Waals surface area (Å²) in [4.78, 5) is 0. The van der Waals surface area contributed by atoms with Gasteiger partial charge in [0.05, 0.1) is 13.2 Å². The van der Waals surface area contributed by atoms with Gasteiger partial charge in [-0.3, -0.25) is 0 Å². The number of hydrogen-bond acceptors (Lipinski definition) is 4. The van der Waals surface area contributed by atoms with Crippen LogP contribution < -0.4 is 10.1 Å². The lowest BCUT2D eigenvalue weighted by Gasteiger charge is -2.44. The van der Waals surface area contributed by atoms with E-state index < -0.39 is 5.60 Å². The quantitative estimate of drug-likeness (QED) is 0.504. The Balaban J connectivity index is 1.58. The molecule has 4 heteroatoms. The summed E-state index contributed by atoms with van der Waals surface area (Å²) in [6.07, 6.45) is 0.382. The van der Waals surface area contributed by atoms with Crippen LogP contribution in [0.3, 0.4) is 0 Å². The van der Waals surface area contributed by atoms with Crippen LogP contribution in [0.1, 0.15) is 36.6 Å². The van der Waals surface area contributed by atoms with Gasteiger partial charge in [-0.05, 0) is 49.6 Å². The molecule has 3 aromatic rings. The number of anilines is 1. The van der Waals surface area contributed by atoms with Gasteiger partial charge in [-0.25, -0.2) is 0 Å². The van der Waals surface area contributed by atoms with Gasteiger partial charge in [0, 0.05) is 18.3 Å². The molecule has 0 saturated carbocycles. The van der Waals surface area contributed by atoms with E-state index >= 15 is 0 Å². The molecule has 31 heavy (non-hydrogen) atoms. The molecule has 0 aliphatic carbocycles. The normalized spacial score (nSPS) is 19.3. The average molecular weight is 418 g/mol. The third-order valence-corrected chi connectivity index (χ3v) is 5.74.